The summed E-state index contributed by atoms with van der Waals surface area (Å²) < 4.78 is 6.96. The van der Waals surface area contributed by atoms with Gasteiger partial charge in [-0.05, 0) is 24.3 Å². The van der Waals surface area contributed by atoms with Crippen molar-refractivity contribution in [2.75, 3.05) is 0 Å². The van der Waals surface area contributed by atoms with Gasteiger partial charge in [0.1, 0.15) is 0 Å². The summed E-state index contributed by atoms with van der Waals surface area (Å²) in [6.45, 7) is 0. The third kappa shape index (κ3) is 2.03. The van der Waals surface area contributed by atoms with Crippen LogP contribution < -0.4 is 0 Å². The van der Waals surface area contributed by atoms with Crippen molar-refractivity contribution in [1.29, 1.82) is 0 Å². The summed E-state index contributed by atoms with van der Waals surface area (Å²) in [6.07, 6.45) is 1.58. The first-order chi connectivity index (χ1) is 10.2. The first kappa shape index (κ1) is 12.8. The number of fused-ring (bicyclic) bond motifs is 1. The minimum absolute atomic E-state index is 0.542. The summed E-state index contributed by atoms with van der Waals surface area (Å²) in [7, 11) is 0. The van der Waals surface area contributed by atoms with E-state index in [9.17, 15) is 0 Å². The van der Waals surface area contributed by atoms with Crippen LogP contribution in [0.15, 0.2) is 41.0 Å². The topological polar surface area (TPSA) is 56.2 Å². The zero-order valence-electron chi connectivity index (χ0n) is 10.3. The van der Waals surface area contributed by atoms with Crippen molar-refractivity contribution in [3.63, 3.8) is 0 Å². The quantitative estimate of drug-likeness (QED) is 0.543. The van der Waals surface area contributed by atoms with Gasteiger partial charge in [0, 0.05) is 5.56 Å². The average molecular weight is 337 g/mol. The number of benzene rings is 1. The molecule has 4 rings (SSSR count). The van der Waals surface area contributed by atoms with E-state index in [0.29, 0.717) is 37.2 Å². The van der Waals surface area contributed by atoms with Gasteiger partial charge in [-0.2, -0.15) is 9.61 Å². The van der Waals surface area contributed by atoms with E-state index >= 15 is 0 Å². The third-order valence-electron chi connectivity index (χ3n) is 2.91. The fourth-order valence-corrected chi connectivity index (χ4v) is 3.58. The van der Waals surface area contributed by atoms with Gasteiger partial charge in [0.15, 0.2) is 10.8 Å². The van der Waals surface area contributed by atoms with E-state index < -0.39 is 0 Å². The van der Waals surface area contributed by atoms with Crippen LogP contribution in [0.3, 0.4) is 0 Å². The van der Waals surface area contributed by atoms with Crippen LogP contribution in [0, 0.1) is 0 Å². The highest BCUT2D eigenvalue weighted by atomic mass is 35.5. The molecule has 3 aromatic heterocycles. The second kappa shape index (κ2) is 4.84. The Hall–Kier alpha value is -1.89. The molecular weight excluding hydrogens is 331 g/mol. The molecule has 0 amide bonds. The highest BCUT2D eigenvalue weighted by Crippen LogP contribution is 2.37. The normalized spacial score (nSPS) is 11.3. The van der Waals surface area contributed by atoms with E-state index in [-0.39, 0.29) is 0 Å². The van der Waals surface area contributed by atoms with Crippen LogP contribution >= 0.6 is 34.5 Å². The van der Waals surface area contributed by atoms with Crippen LogP contribution in [-0.2, 0) is 0 Å². The molecule has 0 N–H and O–H groups in total. The summed E-state index contributed by atoms with van der Waals surface area (Å²) in [5, 5.41) is 14.5. The van der Waals surface area contributed by atoms with Crippen LogP contribution in [0.4, 0.5) is 0 Å². The number of furan rings is 1. The number of aromatic nitrogens is 4. The Bertz CT molecular complexity index is 909. The van der Waals surface area contributed by atoms with Gasteiger partial charge >= 0.3 is 0 Å². The fraction of sp³-hybridized carbons (Fsp3) is 0. The van der Waals surface area contributed by atoms with E-state index in [2.05, 4.69) is 15.3 Å². The lowest BCUT2D eigenvalue weighted by Gasteiger charge is -2.01. The smallest absolute Gasteiger partial charge is 0.235 e. The van der Waals surface area contributed by atoms with Crippen molar-refractivity contribution in [1.82, 2.24) is 19.8 Å². The van der Waals surface area contributed by atoms with E-state index in [4.69, 9.17) is 27.6 Å². The van der Waals surface area contributed by atoms with E-state index in [0.717, 1.165) is 0 Å². The van der Waals surface area contributed by atoms with Gasteiger partial charge in [0.2, 0.25) is 10.8 Å². The highest BCUT2D eigenvalue weighted by Gasteiger charge is 2.18. The molecule has 5 nitrogen and oxygen atoms in total. The molecule has 0 fully saturated rings. The van der Waals surface area contributed by atoms with Crippen LogP contribution in [0.25, 0.3) is 27.1 Å². The number of halogens is 2. The molecule has 21 heavy (non-hydrogen) atoms. The molecule has 0 unspecified atom stereocenters. The number of nitrogens with zero attached hydrogens (tertiary/aromatic N) is 4. The number of hydrogen-bond acceptors (Lipinski definition) is 5. The first-order valence-electron chi connectivity index (χ1n) is 5.94. The van der Waals surface area contributed by atoms with Crippen molar-refractivity contribution < 1.29 is 4.42 Å². The Balaban J connectivity index is 1.93. The van der Waals surface area contributed by atoms with Crippen molar-refractivity contribution in [2.24, 2.45) is 0 Å². The molecule has 0 aliphatic carbocycles. The molecule has 0 bridgehead atoms. The molecule has 0 aliphatic rings. The SMILES string of the molecule is Clc1cccc(Cl)c1-c1nn2c(-c3ccco3)nnc2s1. The maximum atomic E-state index is 6.22. The zero-order chi connectivity index (χ0) is 14.4. The molecular formula is C13H6Cl2N4OS. The maximum absolute atomic E-state index is 6.22. The van der Waals surface area contributed by atoms with Crippen LogP contribution in [-0.4, -0.2) is 19.8 Å². The Kier molecular flexibility index (Phi) is 2.95. The summed E-state index contributed by atoms with van der Waals surface area (Å²) >= 11 is 13.8. The summed E-state index contributed by atoms with van der Waals surface area (Å²) in [5.41, 5.74) is 0.696. The van der Waals surface area contributed by atoms with Crippen LogP contribution in [0.1, 0.15) is 0 Å². The van der Waals surface area contributed by atoms with Crippen molar-refractivity contribution in [2.45, 2.75) is 0 Å². The summed E-state index contributed by atoms with van der Waals surface area (Å²) in [5.74, 6) is 1.14. The zero-order valence-corrected chi connectivity index (χ0v) is 12.7. The minimum Gasteiger partial charge on any atom is -0.461 e. The molecule has 8 heteroatoms. The Morgan fingerprint density at radius 1 is 1.05 bits per heavy atom. The lowest BCUT2D eigenvalue weighted by Crippen LogP contribution is -1.90. The third-order valence-corrected chi connectivity index (χ3v) is 4.46. The summed E-state index contributed by atoms with van der Waals surface area (Å²) in [4.78, 5) is 0.646. The maximum Gasteiger partial charge on any atom is 0.235 e. The van der Waals surface area contributed by atoms with Gasteiger partial charge in [0.25, 0.3) is 0 Å². The molecule has 3 heterocycles. The van der Waals surface area contributed by atoms with Gasteiger partial charge in [-0.25, -0.2) is 0 Å². The minimum atomic E-state index is 0.542. The van der Waals surface area contributed by atoms with Crippen molar-refractivity contribution >= 4 is 39.5 Å². The molecule has 1 aromatic carbocycles. The monoisotopic (exact) mass is 336 g/mol. The predicted octanol–water partition coefficient (Wildman–Crippen LogP) is 4.42. The van der Waals surface area contributed by atoms with Gasteiger partial charge in [-0.15, -0.1) is 10.2 Å². The predicted molar refractivity (Wildman–Crippen MR) is 81.8 cm³/mol. The van der Waals surface area contributed by atoms with Crippen molar-refractivity contribution in [3.8, 4) is 22.2 Å². The van der Waals surface area contributed by atoms with E-state index in [1.165, 1.54) is 11.3 Å². The van der Waals surface area contributed by atoms with E-state index in [1.54, 1.807) is 41.1 Å². The molecule has 0 spiro atoms. The van der Waals surface area contributed by atoms with Gasteiger partial charge in [0.05, 0.1) is 16.3 Å². The Morgan fingerprint density at radius 3 is 2.57 bits per heavy atom. The largest absolute Gasteiger partial charge is 0.461 e. The molecule has 4 aromatic rings. The first-order valence-corrected chi connectivity index (χ1v) is 7.52. The standard InChI is InChI=1S/C13H6Cl2N4OS/c14-7-3-1-4-8(15)10(7)12-18-19-11(9-5-2-6-20-9)16-17-13(19)21-12/h1-6H. The Morgan fingerprint density at radius 2 is 1.86 bits per heavy atom. The Labute approximate surface area is 132 Å². The van der Waals surface area contributed by atoms with Crippen LogP contribution in [0.5, 0.6) is 0 Å². The highest BCUT2D eigenvalue weighted by molar-refractivity contribution is 7.20. The number of rotatable bonds is 2. The fourth-order valence-electron chi connectivity index (χ4n) is 1.98. The van der Waals surface area contributed by atoms with Gasteiger partial charge in [-0.3, -0.25) is 0 Å². The second-order valence-corrected chi connectivity index (χ2v) is 5.97. The average Bonchev–Trinajstić information content (AvgIpc) is 3.13. The molecule has 0 radical (unpaired) electrons. The molecule has 104 valence electrons. The van der Waals surface area contributed by atoms with Crippen molar-refractivity contribution in [3.05, 3.63) is 46.6 Å². The molecule has 0 atom stereocenters. The molecule has 0 saturated carbocycles. The van der Waals surface area contributed by atoms with Gasteiger partial charge < -0.3 is 4.42 Å². The van der Waals surface area contributed by atoms with Gasteiger partial charge in [-0.1, -0.05) is 40.6 Å². The lowest BCUT2D eigenvalue weighted by atomic mass is 10.2. The lowest BCUT2D eigenvalue weighted by molar-refractivity contribution is 0.575. The van der Waals surface area contributed by atoms with E-state index in [1.807, 2.05) is 0 Å². The van der Waals surface area contributed by atoms with Crippen LogP contribution in [0.2, 0.25) is 10.0 Å². The molecule has 0 saturated heterocycles. The summed E-state index contributed by atoms with van der Waals surface area (Å²) in [6, 6.07) is 8.94. The number of hydrogen-bond donors (Lipinski definition) is 0. The second-order valence-electron chi connectivity index (χ2n) is 4.20. The molecule has 0 aliphatic heterocycles.